The molecule has 0 radical (unpaired) electrons. The first-order chi connectivity index (χ1) is 13.3. The number of H-pyrrole nitrogens is 1. The number of nitrogens with one attached hydrogen (secondary N) is 2. The van der Waals surface area contributed by atoms with Gasteiger partial charge < -0.3 is 14.8 Å². The molecule has 0 saturated heterocycles. The van der Waals surface area contributed by atoms with Crippen molar-refractivity contribution in [3.05, 3.63) is 60.6 Å². The number of amides is 1. The van der Waals surface area contributed by atoms with Crippen molar-refractivity contribution in [1.82, 2.24) is 20.5 Å². The van der Waals surface area contributed by atoms with Crippen LogP contribution < -0.4 is 14.8 Å². The Morgan fingerprint density at radius 3 is 2.89 bits per heavy atom. The second-order valence-corrected chi connectivity index (χ2v) is 5.41. The second kappa shape index (κ2) is 9.06. The van der Waals surface area contributed by atoms with Gasteiger partial charge in [0.25, 0.3) is 5.91 Å². The Bertz CT molecular complexity index is 958. The average molecular weight is 362 g/mol. The molecule has 27 heavy (non-hydrogen) atoms. The van der Waals surface area contributed by atoms with Gasteiger partial charge in [-0.05, 0) is 30.3 Å². The van der Waals surface area contributed by atoms with Crippen LogP contribution in [0, 0.1) is 11.8 Å². The largest absolute Gasteiger partial charge is 0.497 e. The molecule has 2 aromatic heterocycles. The monoisotopic (exact) mass is 362 g/mol. The maximum absolute atomic E-state index is 12.2. The minimum absolute atomic E-state index is 0.211. The zero-order valence-electron chi connectivity index (χ0n) is 14.7. The van der Waals surface area contributed by atoms with E-state index in [0.29, 0.717) is 17.1 Å². The predicted octanol–water partition coefficient (Wildman–Crippen LogP) is 2.29. The van der Waals surface area contributed by atoms with Crippen molar-refractivity contribution in [3.8, 4) is 34.6 Å². The number of hydrogen-bond donors (Lipinski definition) is 2. The molecule has 0 spiro atoms. The number of nitrogens with zero attached hydrogens (tertiary/aromatic N) is 2. The number of benzene rings is 1. The third kappa shape index (κ3) is 5.09. The van der Waals surface area contributed by atoms with Gasteiger partial charge in [-0.15, -0.1) is 0 Å². The Kier molecular flexibility index (Phi) is 6.04. The summed E-state index contributed by atoms with van der Waals surface area (Å²) in [5, 5.41) is 9.61. The third-order valence-electron chi connectivity index (χ3n) is 3.60. The number of aromatic amines is 1. The molecule has 7 heteroatoms. The SMILES string of the molecule is COc1cccc(-c2cc(C(=O)NCC#CCOc3cccnc3)[nH]n2)c1. The Morgan fingerprint density at radius 2 is 2.07 bits per heavy atom. The molecule has 136 valence electrons. The van der Waals surface area contributed by atoms with E-state index in [2.05, 4.69) is 32.3 Å². The average Bonchev–Trinajstić information content (AvgIpc) is 3.22. The Balaban J connectivity index is 1.49. The summed E-state index contributed by atoms with van der Waals surface area (Å²) in [4.78, 5) is 16.1. The first-order valence-corrected chi connectivity index (χ1v) is 8.23. The first-order valence-electron chi connectivity index (χ1n) is 8.23. The summed E-state index contributed by atoms with van der Waals surface area (Å²) in [6.07, 6.45) is 3.28. The number of rotatable bonds is 6. The van der Waals surface area contributed by atoms with Gasteiger partial charge in [0.2, 0.25) is 0 Å². The van der Waals surface area contributed by atoms with E-state index in [-0.39, 0.29) is 19.1 Å². The van der Waals surface area contributed by atoms with Crippen LogP contribution in [0.2, 0.25) is 0 Å². The number of hydrogen-bond acceptors (Lipinski definition) is 5. The summed E-state index contributed by atoms with van der Waals surface area (Å²) in [7, 11) is 1.60. The van der Waals surface area contributed by atoms with Crippen LogP contribution in [0.15, 0.2) is 54.9 Å². The van der Waals surface area contributed by atoms with Gasteiger partial charge in [-0.2, -0.15) is 5.10 Å². The lowest BCUT2D eigenvalue weighted by Gasteiger charge is -2.01. The van der Waals surface area contributed by atoms with Crippen LogP contribution in [0.25, 0.3) is 11.3 Å². The first kappa shape index (κ1) is 18.0. The highest BCUT2D eigenvalue weighted by atomic mass is 16.5. The Hall–Kier alpha value is -3.79. The van der Waals surface area contributed by atoms with Gasteiger partial charge in [0.15, 0.2) is 0 Å². The molecule has 0 aliphatic heterocycles. The van der Waals surface area contributed by atoms with Crippen LogP contribution in [-0.2, 0) is 0 Å². The summed E-state index contributed by atoms with van der Waals surface area (Å²) in [5.74, 6) is 6.76. The Labute approximate surface area is 156 Å². The van der Waals surface area contributed by atoms with Crippen molar-refractivity contribution < 1.29 is 14.3 Å². The van der Waals surface area contributed by atoms with Gasteiger partial charge in [0.05, 0.1) is 25.5 Å². The number of carbonyl (C=O) groups excluding carboxylic acids is 1. The van der Waals surface area contributed by atoms with Crippen molar-refractivity contribution in [2.75, 3.05) is 20.3 Å². The van der Waals surface area contributed by atoms with Gasteiger partial charge in [0.1, 0.15) is 23.8 Å². The summed E-state index contributed by atoms with van der Waals surface area (Å²) < 4.78 is 10.6. The zero-order chi connectivity index (χ0) is 18.9. The molecule has 0 unspecified atom stereocenters. The molecule has 0 atom stereocenters. The standard InChI is InChI=1S/C20H18N4O3/c1-26-16-7-4-6-15(12-16)18-13-19(24-23-18)20(25)22-10-2-3-11-27-17-8-5-9-21-14-17/h4-9,12-14H,10-11H2,1H3,(H,22,25)(H,23,24). The molecule has 0 aliphatic rings. The van der Waals surface area contributed by atoms with Crippen molar-refractivity contribution >= 4 is 5.91 Å². The maximum Gasteiger partial charge on any atom is 0.270 e. The molecular formula is C20H18N4O3. The topological polar surface area (TPSA) is 89.1 Å². The molecular weight excluding hydrogens is 344 g/mol. The second-order valence-electron chi connectivity index (χ2n) is 5.41. The van der Waals surface area contributed by atoms with Crippen molar-refractivity contribution in [2.24, 2.45) is 0 Å². The lowest BCUT2D eigenvalue weighted by molar-refractivity contribution is 0.0953. The molecule has 1 amide bonds. The maximum atomic E-state index is 12.2. The van der Waals surface area contributed by atoms with E-state index < -0.39 is 0 Å². The van der Waals surface area contributed by atoms with Gasteiger partial charge in [-0.25, -0.2) is 0 Å². The third-order valence-corrected chi connectivity index (χ3v) is 3.60. The molecule has 3 rings (SSSR count). The fourth-order valence-electron chi connectivity index (χ4n) is 2.25. The number of aromatic nitrogens is 3. The lowest BCUT2D eigenvalue weighted by atomic mass is 10.1. The number of pyridine rings is 1. The molecule has 2 heterocycles. The minimum Gasteiger partial charge on any atom is -0.497 e. The van der Waals surface area contributed by atoms with Crippen molar-refractivity contribution in [3.63, 3.8) is 0 Å². The fraction of sp³-hybridized carbons (Fsp3) is 0.150. The van der Waals surface area contributed by atoms with Crippen LogP contribution >= 0.6 is 0 Å². The number of ether oxygens (including phenoxy) is 2. The Morgan fingerprint density at radius 1 is 1.19 bits per heavy atom. The highest BCUT2D eigenvalue weighted by molar-refractivity contribution is 5.93. The molecule has 0 aliphatic carbocycles. The normalized spacial score (nSPS) is 9.81. The van der Waals surface area contributed by atoms with Crippen LogP contribution in [0.5, 0.6) is 11.5 Å². The zero-order valence-corrected chi connectivity index (χ0v) is 14.7. The van der Waals surface area contributed by atoms with Crippen LogP contribution in [0.4, 0.5) is 0 Å². The van der Waals surface area contributed by atoms with E-state index in [9.17, 15) is 4.79 Å². The minimum atomic E-state index is -0.279. The van der Waals surface area contributed by atoms with Gasteiger partial charge >= 0.3 is 0 Å². The molecule has 0 fully saturated rings. The molecule has 7 nitrogen and oxygen atoms in total. The number of methoxy groups -OCH3 is 1. The summed E-state index contributed by atoms with van der Waals surface area (Å²) in [5.41, 5.74) is 1.88. The molecule has 0 bridgehead atoms. The number of carbonyl (C=O) groups is 1. The molecule has 2 N–H and O–H groups in total. The van der Waals surface area contributed by atoms with E-state index in [1.165, 1.54) is 0 Å². The summed E-state index contributed by atoms with van der Waals surface area (Å²) in [6.45, 7) is 0.439. The van der Waals surface area contributed by atoms with E-state index in [1.54, 1.807) is 37.7 Å². The van der Waals surface area contributed by atoms with E-state index in [0.717, 1.165) is 11.3 Å². The van der Waals surface area contributed by atoms with Gasteiger partial charge in [-0.1, -0.05) is 24.0 Å². The van der Waals surface area contributed by atoms with Crippen LogP contribution in [0.3, 0.4) is 0 Å². The molecule has 3 aromatic rings. The van der Waals surface area contributed by atoms with Crippen molar-refractivity contribution in [1.29, 1.82) is 0 Å². The summed E-state index contributed by atoms with van der Waals surface area (Å²) >= 11 is 0. The molecule has 1 aromatic carbocycles. The molecule has 0 saturated carbocycles. The van der Waals surface area contributed by atoms with E-state index in [4.69, 9.17) is 9.47 Å². The van der Waals surface area contributed by atoms with E-state index >= 15 is 0 Å². The lowest BCUT2D eigenvalue weighted by Crippen LogP contribution is -2.24. The van der Waals surface area contributed by atoms with Gasteiger partial charge in [-0.3, -0.25) is 14.9 Å². The van der Waals surface area contributed by atoms with Gasteiger partial charge in [0, 0.05) is 11.8 Å². The highest BCUT2D eigenvalue weighted by Gasteiger charge is 2.10. The fourth-order valence-corrected chi connectivity index (χ4v) is 2.25. The van der Waals surface area contributed by atoms with Crippen LogP contribution in [-0.4, -0.2) is 41.3 Å². The van der Waals surface area contributed by atoms with Crippen molar-refractivity contribution in [2.45, 2.75) is 0 Å². The smallest absolute Gasteiger partial charge is 0.270 e. The van der Waals surface area contributed by atoms with E-state index in [1.807, 2.05) is 24.3 Å². The predicted molar refractivity (Wildman–Crippen MR) is 100 cm³/mol. The highest BCUT2D eigenvalue weighted by Crippen LogP contribution is 2.22. The quantitative estimate of drug-likeness (QED) is 0.657. The summed E-state index contributed by atoms with van der Waals surface area (Å²) in [6, 6.07) is 12.7. The van der Waals surface area contributed by atoms with Crippen LogP contribution in [0.1, 0.15) is 10.5 Å².